The second-order valence-corrected chi connectivity index (χ2v) is 6.10. The first-order valence-corrected chi connectivity index (χ1v) is 7.96. The number of hydrogen-bond donors (Lipinski definition) is 0. The van der Waals surface area contributed by atoms with E-state index in [1.807, 2.05) is 0 Å². The number of rotatable bonds is 3. The third-order valence-corrected chi connectivity index (χ3v) is 4.48. The summed E-state index contributed by atoms with van der Waals surface area (Å²) in [5.74, 6) is -2.37. The summed E-state index contributed by atoms with van der Waals surface area (Å²) in [7, 11) is 0. The van der Waals surface area contributed by atoms with Crippen molar-refractivity contribution in [3.63, 3.8) is 0 Å². The van der Waals surface area contributed by atoms with Crippen molar-refractivity contribution in [3.05, 3.63) is 65.5 Å². The van der Waals surface area contributed by atoms with Crippen molar-refractivity contribution in [3.8, 4) is 0 Å². The van der Waals surface area contributed by atoms with Gasteiger partial charge in [-0.3, -0.25) is 14.4 Å². The number of imide groups is 1. The Hall–Kier alpha value is -3.35. The third kappa shape index (κ3) is 2.40. The number of fused-ring (bicyclic) bond motifs is 1. The summed E-state index contributed by atoms with van der Waals surface area (Å²) in [5.41, 5.74) is 1.67. The zero-order valence-electron chi connectivity index (χ0n) is 13.7. The summed E-state index contributed by atoms with van der Waals surface area (Å²) in [6.45, 7) is 1.44. The van der Waals surface area contributed by atoms with Gasteiger partial charge in [0, 0.05) is 11.1 Å². The van der Waals surface area contributed by atoms with Crippen molar-refractivity contribution < 1.29 is 23.6 Å². The predicted molar refractivity (Wildman–Crippen MR) is 90.2 cm³/mol. The van der Waals surface area contributed by atoms with E-state index >= 15 is 0 Å². The van der Waals surface area contributed by atoms with Crippen LogP contribution in [0.25, 0.3) is 0 Å². The van der Waals surface area contributed by atoms with Crippen molar-refractivity contribution >= 4 is 29.0 Å². The molecule has 0 bridgehead atoms. The Morgan fingerprint density at radius 3 is 2.31 bits per heavy atom. The Bertz CT molecular complexity index is 951. The number of nitrogens with zero attached hydrogens (tertiary/aromatic N) is 2. The van der Waals surface area contributed by atoms with Crippen molar-refractivity contribution in [1.29, 1.82) is 0 Å². The number of amides is 2. The van der Waals surface area contributed by atoms with Gasteiger partial charge in [0.25, 0.3) is 5.91 Å². The maximum atomic E-state index is 13.1. The lowest BCUT2D eigenvalue weighted by molar-refractivity contribution is -0.126. The largest absolute Gasteiger partial charge is 0.381 e. The van der Waals surface area contributed by atoms with Crippen LogP contribution in [0.4, 0.5) is 10.1 Å². The van der Waals surface area contributed by atoms with Crippen molar-refractivity contribution in [2.45, 2.75) is 13.0 Å². The number of anilines is 1. The predicted octanol–water partition coefficient (Wildman–Crippen LogP) is 2.32. The molecule has 0 spiro atoms. The summed E-state index contributed by atoms with van der Waals surface area (Å²) >= 11 is 0. The number of benzene rings is 2. The quantitative estimate of drug-likeness (QED) is 0.627. The molecule has 0 unspecified atom stereocenters. The standard InChI is InChI=1S/C19H13FN2O4/c1-10(23)11-4-8-14(9-5-11)22-18(24)15-16(21-26-17(15)19(22)25)12-2-6-13(20)7-3-12/h2-9,15,17H,1H3/t15-,17+/m1/s1. The van der Waals surface area contributed by atoms with Gasteiger partial charge in [0.2, 0.25) is 12.0 Å². The second kappa shape index (κ2) is 5.87. The highest BCUT2D eigenvalue weighted by Crippen LogP contribution is 2.35. The Balaban J connectivity index is 1.66. The summed E-state index contributed by atoms with van der Waals surface area (Å²) in [4.78, 5) is 43.1. The number of Topliss-reactive ketones (excluding diaryl/α,β-unsaturated/α-hetero) is 1. The lowest BCUT2D eigenvalue weighted by atomic mass is 9.94. The SMILES string of the molecule is CC(=O)c1ccc(N2C(=O)[C@@H]3C(c4ccc(F)cc4)=NO[C@@H]3C2=O)cc1. The van der Waals surface area contributed by atoms with Crippen molar-refractivity contribution in [1.82, 2.24) is 0 Å². The average Bonchev–Trinajstić information content (AvgIpc) is 3.17. The van der Waals surface area contributed by atoms with E-state index in [1.165, 1.54) is 31.2 Å². The summed E-state index contributed by atoms with van der Waals surface area (Å²) in [5, 5.41) is 3.87. The van der Waals surface area contributed by atoms with E-state index in [2.05, 4.69) is 5.16 Å². The van der Waals surface area contributed by atoms with Gasteiger partial charge in [-0.25, -0.2) is 9.29 Å². The molecule has 0 radical (unpaired) electrons. The van der Waals surface area contributed by atoms with Crippen molar-refractivity contribution in [2.24, 2.45) is 11.1 Å². The fourth-order valence-electron chi connectivity index (χ4n) is 3.14. The van der Waals surface area contributed by atoms with E-state index in [0.29, 0.717) is 22.5 Å². The molecule has 2 aliphatic rings. The minimum absolute atomic E-state index is 0.110. The Labute approximate surface area is 147 Å². The first kappa shape index (κ1) is 16.1. The summed E-state index contributed by atoms with van der Waals surface area (Å²) in [6, 6.07) is 11.7. The van der Waals surface area contributed by atoms with Gasteiger partial charge in [0.1, 0.15) is 17.4 Å². The molecule has 4 rings (SSSR count). The number of carbonyl (C=O) groups excluding carboxylic acids is 3. The van der Waals surface area contributed by atoms with Gasteiger partial charge < -0.3 is 4.84 Å². The van der Waals surface area contributed by atoms with Crippen LogP contribution in [-0.4, -0.2) is 29.4 Å². The zero-order chi connectivity index (χ0) is 18.4. The van der Waals surface area contributed by atoms with Crippen LogP contribution < -0.4 is 4.90 Å². The molecule has 1 fully saturated rings. The minimum Gasteiger partial charge on any atom is -0.381 e. The highest BCUT2D eigenvalue weighted by atomic mass is 19.1. The van der Waals surface area contributed by atoms with E-state index in [9.17, 15) is 18.8 Å². The molecule has 0 saturated carbocycles. The molecule has 130 valence electrons. The van der Waals surface area contributed by atoms with Gasteiger partial charge in [-0.05, 0) is 43.3 Å². The molecule has 6 nitrogen and oxygen atoms in total. The Morgan fingerprint density at radius 1 is 1.04 bits per heavy atom. The number of halogens is 1. The molecule has 0 aromatic heterocycles. The fraction of sp³-hybridized carbons (Fsp3) is 0.158. The van der Waals surface area contributed by atoms with Crippen LogP contribution in [0, 0.1) is 11.7 Å². The number of ketones is 1. The summed E-state index contributed by atoms with van der Waals surface area (Å²) in [6.07, 6.45) is -1.03. The smallest absolute Gasteiger partial charge is 0.278 e. The van der Waals surface area contributed by atoms with E-state index in [1.54, 1.807) is 24.3 Å². The molecule has 2 aromatic rings. The summed E-state index contributed by atoms with van der Waals surface area (Å²) < 4.78 is 13.1. The second-order valence-electron chi connectivity index (χ2n) is 6.10. The average molecular weight is 352 g/mol. The molecule has 7 heteroatoms. The molecule has 2 aliphatic heterocycles. The number of oxime groups is 1. The van der Waals surface area contributed by atoms with E-state index in [-0.39, 0.29) is 5.78 Å². The van der Waals surface area contributed by atoms with Gasteiger partial charge in [-0.1, -0.05) is 17.3 Å². The first-order chi connectivity index (χ1) is 12.5. The maximum Gasteiger partial charge on any atom is 0.278 e. The monoisotopic (exact) mass is 352 g/mol. The molecule has 0 N–H and O–H groups in total. The van der Waals surface area contributed by atoms with Gasteiger partial charge in [0.15, 0.2) is 5.78 Å². The Morgan fingerprint density at radius 2 is 1.69 bits per heavy atom. The number of hydrogen-bond acceptors (Lipinski definition) is 5. The molecule has 1 saturated heterocycles. The molecule has 2 aromatic carbocycles. The third-order valence-electron chi connectivity index (χ3n) is 4.48. The highest BCUT2D eigenvalue weighted by Gasteiger charge is 2.56. The van der Waals surface area contributed by atoms with Crippen LogP contribution in [0.15, 0.2) is 53.7 Å². The van der Waals surface area contributed by atoms with Crippen LogP contribution in [0.2, 0.25) is 0 Å². The van der Waals surface area contributed by atoms with E-state index in [4.69, 9.17) is 4.84 Å². The van der Waals surface area contributed by atoms with Crippen LogP contribution >= 0.6 is 0 Å². The maximum absolute atomic E-state index is 13.1. The van der Waals surface area contributed by atoms with Gasteiger partial charge >= 0.3 is 0 Å². The lowest BCUT2D eigenvalue weighted by Gasteiger charge is -2.15. The van der Waals surface area contributed by atoms with Crippen molar-refractivity contribution in [2.75, 3.05) is 4.90 Å². The van der Waals surface area contributed by atoms with Crippen LogP contribution in [0.3, 0.4) is 0 Å². The number of carbonyl (C=O) groups is 3. The lowest BCUT2D eigenvalue weighted by Crippen LogP contribution is -2.33. The fourth-order valence-corrected chi connectivity index (χ4v) is 3.14. The molecular weight excluding hydrogens is 339 g/mol. The first-order valence-electron chi connectivity index (χ1n) is 7.96. The Kier molecular flexibility index (Phi) is 3.64. The molecule has 2 amide bonds. The topological polar surface area (TPSA) is 76.0 Å². The molecule has 2 atom stereocenters. The minimum atomic E-state index is -1.03. The molecule has 0 aliphatic carbocycles. The molecule has 2 heterocycles. The van der Waals surface area contributed by atoms with Gasteiger partial charge in [-0.15, -0.1) is 0 Å². The van der Waals surface area contributed by atoms with Crippen LogP contribution in [0.5, 0.6) is 0 Å². The van der Waals surface area contributed by atoms with E-state index < -0.39 is 29.7 Å². The molecular formula is C19H13FN2O4. The van der Waals surface area contributed by atoms with Gasteiger partial charge in [0.05, 0.1) is 5.69 Å². The molecule has 26 heavy (non-hydrogen) atoms. The van der Waals surface area contributed by atoms with Crippen LogP contribution in [0.1, 0.15) is 22.8 Å². The normalized spacial score (nSPS) is 21.5. The van der Waals surface area contributed by atoms with E-state index in [0.717, 1.165) is 4.90 Å². The highest BCUT2D eigenvalue weighted by molar-refractivity contribution is 6.32. The zero-order valence-corrected chi connectivity index (χ0v) is 13.7. The van der Waals surface area contributed by atoms with Gasteiger partial charge in [-0.2, -0.15) is 0 Å². The van der Waals surface area contributed by atoms with Crippen LogP contribution in [-0.2, 0) is 14.4 Å².